The van der Waals surface area contributed by atoms with E-state index in [1.165, 1.54) is 32.1 Å². The second kappa shape index (κ2) is 8.39. The van der Waals surface area contributed by atoms with Gasteiger partial charge in [0.15, 0.2) is 0 Å². The Hall–Kier alpha value is 0. The van der Waals surface area contributed by atoms with Gasteiger partial charge in [-0.3, -0.25) is 0 Å². The molecule has 3 aliphatic rings. The summed E-state index contributed by atoms with van der Waals surface area (Å²) in [5.74, 6) is 9.88. The third-order valence-electron chi connectivity index (χ3n) is 10.7. The van der Waals surface area contributed by atoms with Crippen LogP contribution < -0.4 is 0 Å². The number of hydrogen-bond acceptors (Lipinski definition) is 0. The fraction of sp³-hybridized carbons (Fsp3) is 1.00. The van der Waals surface area contributed by atoms with E-state index in [1.54, 1.807) is 19.3 Å². The van der Waals surface area contributed by atoms with Gasteiger partial charge in [-0.15, -0.1) is 0 Å². The summed E-state index contributed by atoms with van der Waals surface area (Å²) in [4.78, 5) is 0. The first-order valence-corrected chi connectivity index (χ1v) is 12.8. The summed E-state index contributed by atoms with van der Waals surface area (Å²) in [5.41, 5.74) is 0.737. The van der Waals surface area contributed by atoms with Gasteiger partial charge in [0.05, 0.1) is 0 Å². The number of fused-ring (bicyclic) bond motifs is 1. The van der Waals surface area contributed by atoms with Crippen LogP contribution in [-0.4, -0.2) is 0 Å². The molecule has 0 saturated heterocycles. The number of rotatable bonds is 10. The molecule has 0 nitrogen and oxygen atoms in total. The van der Waals surface area contributed by atoms with Crippen molar-refractivity contribution in [2.75, 3.05) is 0 Å². The molecule has 0 N–H and O–H groups in total. The highest BCUT2D eigenvalue weighted by molar-refractivity contribution is 5.16. The van der Waals surface area contributed by atoms with Gasteiger partial charge < -0.3 is 0 Å². The molecular weight excluding hydrogens is 324 g/mol. The molecule has 158 valence electrons. The molecule has 0 aromatic heterocycles. The highest BCUT2D eigenvalue weighted by Crippen LogP contribution is 2.75. The molecule has 3 rings (SSSR count). The van der Waals surface area contributed by atoms with Gasteiger partial charge in [0.1, 0.15) is 0 Å². The molecule has 3 fully saturated rings. The Morgan fingerprint density at radius 2 is 1.67 bits per heavy atom. The minimum atomic E-state index is 0.737. The summed E-state index contributed by atoms with van der Waals surface area (Å²) in [6.07, 6.45) is 11.9. The van der Waals surface area contributed by atoms with E-state index in [9.17, 15) is 0 Å². The third-order valence-corrected chi connectivity index (χ3v) is 10.7. The first kappa shape index (κ1) is 21.7. The summed E-state index contributed by atoms with van der Waals surface area (Å²) < 4.78 is 0. The van der Waals surface area contributed by atoms with Crippen LogP contribution >= 0.6 is 0 Å². The van der Waals surface area contributed by atoms with Crippen LogP contribution in [0.2, 0.25) is 0 Å². The lowest BCUT2D eigenvalue weighted by molar-refractivity contribution is -0.258. The number of hydrogen-bond donors (Lipinski definition) is 0. The van der Waals surface area contributed by atoms with Crippen molar-refractivity contribution < 1.29 is 0 Å². The van der Waals surface area contributed by atoms with Crippen LogP contribution in [0.1, 0.15) is 107 Å². The van der Waals surface area contributed by atoms with E-state index in [2.05, 4.69) is 55.4 Å². The Balaban J connectivity index is 1.61. The van der Waals surface area contributed by atoms with Gasteiger partial charge in [-0.1, -0.05) is 74.7 Å². The minimum absolute atomic E-state index is 0.737. The van der Waals surface area contributed by atoms with Crippen LogP contribution in [0.5, 0.6) is 0 Å². The van der Waals surface area contributed by atoms with Gasteiger partial charge in [-0.05, 0) is 96.7 Å². The molecule has 11 atom stereocenters. The van der Waals surface area contributed by atoms with Crippen LogP contribution in [0.3, 0.4) is 0 Å². The van der Waals surface area contributed by atoms with Crippen LogP contribution in [-0.2, 0) is 0 Å². The first-order chi connectivity index (χ1) is 12.8. The molecule has 3 saturated carbocycles. The summed E-state index contributed by atoms with van der Waals surface area (Å²) >= 11 is 0. The zero-order valence-electron chi connectivity index (χ0n) is 19.9. The summed E-state index contributed by atoms with van der Waals surface area (Å²) in [6.45, 7) is 20.1. The van der Waals surface area contributed by atoms with Gasteiger partial charge in [-0.2, -0.15) is 0 Å². The van der Waals surface area contributed by atoms with E-state index >= 15 is 0 Å². The van der Waals surface area contributed by atoms with Crippen molar-refractivity contribution in [2.45, 2.75) is 107 Å². The van der Waals surface area contributed by atoms with Gasteiger partial charge in [0, 0.05) is 0 Å². The van der Waals surface area contributed by atoms with Crippen molar-refractivity contribution in [3.05, 3.63) is 0 Å². The molecule has 0 amide bonds. The zero-order chi connectivity index (χ0) is 19.9. The third kappa shape index (κ3) is 3.54. The molecular formula is C27H50. The van der Waals surface area contributed by atoms with Crippen molar-refractivity contribution >= 4 is 0 Å². The monoisotopic (exact) mass is 374 g/mol. The van der Waals surface area contributed by atoms with Gasteiger partial charge in [0.25, 0.3) is 0 Å². The van der Waals surface area contributed by atoms with Gasteiger partial charge in [-0.25, -0.2) is 0 Å². The lowest BCUT2D eigenvalue weighted by Gasteiger charge is -2.74. The maximum atomic E-state index is 2.65. The average Bonchev–Trinajstić information content (AvgIpc) is 2.61. The van der Waals surface area contributed by atoms with Crippen LogP contribution in [0.15, 0.2) is 0 Å². The van der Waals surface area contributed by atoms with Crippen molar-refractivity contribution in [2.24, 2.45) is 64.6 Å². The normalized spacial score (nSPS) is 44.9. The molecule has 0 bridgehead atoms. The fourth-order valence-corrected chi connectivity index (χ4v) is 8.36. The van der Waals surface area contributed by atoms with Crippen LogP contribution in [0, 0.1) is 64.6 Å². The Kier molecular flexibility index (Phi) is 6.75. The standard InChI is InChI=1S/C27H50/c1-9-18(4)21(7)19(5)15-17(3)13-14-27(22(8)24-11-12-25(24)27)26-20(6)16-23(26)10-2/h17-26H,9-16H2,1-8H3. The molecule has 0 heteroatoms. The van der Waals surface area contributed by atoms with E-state index in [0.29, 0.717) is 0 Å². The van der Waals surface area contributed by atoms with Gasteiger partial charge in [0.2, 0.25) is 0 Å². The molecule has 0 heterocycles. The van der Waals surface area contributed by atoms with E-state index in [1.807, 2.05) is 0 Å². The van der Waals surface area contributed by atoms with Crippen LogP contribution in [0.4, 0.5) is 0 Å². The fourth-order valence-electron chi connectivity index (χ4n) is 8.36. The molecule has 0 spiro atoms. The quantitative estimate of drug-likeness (QED) is 0.360. The molecule has 0 aromatic carbocycles. The highest BCUT2D eigenvalue weighted by Gasteiger charge is 2.68. The highest BCUT2D eigenvalue weighted by atomic mass is 14.7. The summed E-state index contributed by atoms with van der Waals surface area (Å²) in [7, 11) is 0. The van der Waals surface area contributed by atoms with Crippen molar-refractivity contribution in [1.82, 2.24) is 0 Å². The molecule has 11 unspecified atom stereocenters. The van der Waals surface area contributed by atoms with E-state index in [4.69, 9.17) is 0 Å². The first-order valence-electron chi connectivity index (χ1n) is 12.8. The topological polar surface area (TPSA) is 0 Å². The summed E-state index contributed by atoms with van der Waals surface area (Å²) in [6, 6.07) is 0. The second-order valence-electron chi connectivity index (χ2n) is 11.8. The smallest absolute Gasteiger partial charge is 0.0204 e. The SMILES string of the molecule is CCC(C)C(C)C(C)CC(C)CCC1(C2C(C)CC2CC)C(C)C2CCC21. The van der Waals surface area contributed by atoms with Crippen LogP contribution in [0.25, 0.3) is 0 Å². The molecule has 0 radical (unpaired) electrons. The molecule has 27 heavy (non-hydrogen) atoms. The Morgan fingerprint density at radius 1 is 0.963 bits per heavy atom. The van der Waals surface area contributed by atoms with E-state index in [0.717, 1.165) is 64.6 Å². The van der Waals surface area contributed by atoms with Gasteiger partial charge >= 0.3 is 0 Å². The van der Waals surface area contributed by atoms with Crippen molar-refractivity contribution in [3.63, 3.8) is 0 Å². The molecule has 0 aliphatic heterocycles. The lowest BCUT2D eigenvalue weighted by Crippen LogP contribution is -2.68. The average molecular weight is 375 g/mol. The minimum Gasteiger partial charge on any atom is -0.0651 e. The summed E-state index contributed by atoms with van der Waals surface area (Å²) in [5, 5.41) is 0. The maximum absolute atomic E-state index is 2.65. The van der Waals surface area contributed by atoms with Crippen molar-refractivity contribution in [1.29, 1.82) is 0 Å². The second-order valence-corrected chi connectivity index (χ2v) is 11.8. The van der Waals surface area contributed by atoms with Crippen molar-refractivity contribution in [3.8, 4) is 0 Å². The Morgan fingerprint density at radius 3 is 2.15 bits per heavy atom. The zero-order valence-corrected chi connectivity index (χ0v) is 19.9. The maximum Gasteiger partial charge on any atom is -0.0204 e. The Bertz CT molecular complexity index is 472. The molecule has 0 aromatic rings. The van der Waals surface area contributed by atoms with E-state index in [-0.39, 0.29) is 0 Å². The van der Waals surface area contributed by atoms with E-state index < -0.39 is 0 Å². The largest absolute Gasteiger partial charge is 0.0651 e. The lowest BCUT2D eigenvalue weighted by atomic mass is 9.31. The predicted octanol–water partition coefficient (Wildman–Crippen LogP) is 8.46. The predicted molar refractivity (Wildman–Crippen MR) is 120 cm³/mol. The Labute approximate surface area is 171 Å². The molecule has 3 aliphatic carbocycles.